The van der Waals surface area contributed by atoms with E-state index in [2.05, 4.69) is 43.5 Å². The van der Waals surface area contributed by atoms with Crippen molar-refractivity contribution in [2.45, 2.75) is 72.5 Å². The number of hydrogen-bond acceptors (Lipinski definition) is 5. The monoisotopic (exact) mass is 409 g/mol. The fraction of sp³-hybridized carbons (Fsp3) is 1.00. The lowest BCUT2D eigenvalue weighted by Crippen LogP contribution is -2.59. The van der Waals surface area contributed by atoms with Gasteiger partial charge in [-0.15, -0.1) is 0 Å². The maximum Gasteiger partial charge on any atom is 0.503 e. The Morgan fingerprint density at radius 3 is 1.48 bits per heavy atom. The van der Waals surface area contributed by atoms with Crippen molar-refractivity contribution in [3.63, 3.8) is 0 Å². The molecule has 0 spiro atoms. The summed E-state index contributed by atoms with van der Waals surface area (Å²) < 4.78 is 26.3. The summed E-state index contributed by atoms with van der Waals surface area (Å²) in [6.07, 6.45) is 1.08. The molecule has 0 aliphatic heterocycles. The van der Waals surface area contributed by atoms with E-state index in [0.29, 0.717) is 26.4 Å². The second-order valence-electron chi connectivity index (χ2n) is 8.19. The number of nitrogens with zero attached hydrogens (tertiary/aromatic N) is 1. The Balaban J connectivity index is 4.33. The van der Waals surface area contributed by atoms with Gasteiger partial charge in [0, 0.05) is 32.5 Å². The first-order valence-electron chi connectivity index (χ1n) is 9.79. The lowest BCUT2D eigenvalue weighted by Gasteiger charge is -2.43. The molecule has 0 unspecified atom stereocenters. The lowest BCUT2D eigenvalue weighted by atomic mass is 10.5. The molecule has 25 heavy (non-hydrogen) atoms. The fourth-order valence-electron chi connectivity index (χ4n) is 3.30. The zero-order valence-electron chi connectivity index (χ0n) is 18.2. The van der Waals surface area contributed by atoms with Crippen LogP contribution in [0.1, 0.15) is 27.2 Å². The zero-order chi connectivity index (χ0) is 19.6. The molecule has 0 aliphatic carbocycles. The molecule has 0 N–H and O–H groups in total. The molecule has 5 nitrogen and oxygen atoms in total. The summed E-state index contributed by atoms with van der Waals surface area (Å²) in [5.74, 6) is 0. The highest BCUT2D eigenvalue weighted by atomic mass is 28.4. The van der Waals surface area contributed by atoms with Gasteiger partial charge in [0.2, 0.25) is 0 Å². The molecule has 0 fully saturated rings. The third kappa shape index (κ3) is 10.4. The van der Waals surface area contributed by atoms with Gasteiger partial charge in [-0.2, -0.15) is 0 Å². The van der Waals surface area contributed by atoms with Crippen LogP contribution in [0.15, 0.2) is 0 Å². The van der Waals surface area contributed by atoms with Crippen LogP contribution in [0.3, 0.4) is 0 Å². The molecule has 0 aliphatic rings. The second kappa shape index (κ2) is 12.0. The van der Waals surface area contributed by atoms with Crippen molar-refractivity contribution in [1.82, 2.24) is 4.23 Å². The zero-order valence-corrected chi connectivity index (χ0v) is 21.2. The number of hydrogen-bond donors (Lipinski definition) is 0. The van der Waals surface area contributed by atoms with Gasteiger partial charge >= 0.3 is 8.80 Å². The Hall–Kier alpha value is 0.451. The van der Waals surface area contributed by atoms with Gasteiger partial charge in [0.25, 0.3) is 0 Å². The van der Waals surface area contributed by atoms with Crippen molar-refractivity contribution in [3.8, 4) is 0 Å². The molecule has 0 bridgehead atoms. The quantitative estimate of drug-likeness (QED) is 0.296. The lowest BCUT2D eigenvalue weighted by molar-refractivity contribution is 0.0574. The molecule has 0 aromatic carbocycles. The van der Waals surface area contributed by atoms with E-state index in [9.17, 15) is 0 Å². The van der Waals surface area contributed by atoms with Gasteiger partial charge in [-0.3, -0.25) is 0 Å². The summed E-state index contributed by atoms with van der Waals surface area (Å²) in [6.45, 7) is 25.1. The van der Waals surface area contributed by atoms with E-state index in [1.807, 2.05) is 20.8 Å². The van der Waals surface area contributed by atoms with Gasteiger partial charge in [0.1, 0.15) is 16.5 Å². The Morgan fingerprint density at radius 2 is 1.12 bits per heavy atom. The maximum absolute atomic E-state index is 5.90. The van der Waals surface area contributed by atoms with E-state index in [4.69, 9.17) is 18.0 Å². The van der Waals surface area contributed by atoms with Crippen LogP contribution in [-0.2, 0) is 18.0 Å². The summed E-state index contributed by atoms with van der Waals surface area (Å²) in [5.41, 5.74) is 0. The van der Waals surface area contributed by atoms with Gasteiger partial charge in [-0.1, -0.05) is 39.3 Å². The highest BCUT2D eigenvalue weighted by Gasteiger charge is 2.40. The minimum atomic E-state index is -2.56. The number of ether oxygens (including phenoxy) is 1. The summed E-state index contributed by atoms with van der Waals surface area (Å²) >= 11 is 0. The van der Waals surface area contributed by atoms with Crippen molar-refractivity contribution < 1.29 is 18.0 Å². The molecule has 152 valence electrons. The van der Waals surface area contributed by atoms with Crippen LogP contribution in [0, 0.1) is 0 Å². The first kappa shape index (κ1) is 25.5. The maximum atomic E-state index is 5.90. The van der Waals surface area contributed by atoms with Gasteiger partial charge in [-0.05, 0) is 33.7 Å². The molecule has 8 heteroatoms. The summed E-state index contributed by atoms with van der Waals surface area (Å²) in [5, 5.41) is 0. The standard InChI is InChI=1S/C17H43NO4Si3/c1-10-20-25(21-11-2,22-12-3)17-16-19-15-13-14-18(23(4,5)6)24(7,8)9/h10-17H2,1-9H3. The van der Waals surface area contributed by atoms with Crippen LogP contribution in [0.2, 0.25) is 45.3 Å². The molecule has 0 saturated heterocycles. The van der Waals surface area contributed by atoms with E-state index in [1.165, 1.54) is 0 Å². The molecule has 0 atom stereocenters. The average molecular weight is 410 g/mol. The van der Waals surface area contributed by atoms with E-state index in [-0.39, 0.29) is 0 Å². The molecule has 0 amide bonds. The van der Waals surface area contributed by atoms with Crippen molar-refractivity contribution in [2.24, 2.45) is 0 Å². The van der Waals surface area contributed by atoms with E-state index >= 15 is 0 Å². The number of rotatable bonds is 15. The van der Waals surface area contributed by atoms with E-state index in [0.717, 1.165) is 25.6 Å². The topological polar surface area (TPSA) is 40.2 Å². The van der Waals surface area contributed by atoms with Crippen LogP contribution < -0.4 is 0 Å². The summed E-state index contributed by atoms with van der Waals surface area (Å²) in [6, 6.07) is 0.730. The molecular formula is C17H43NO4Si3. The smallest absolute Gasteiger partial charge is 0.381 e. The first-order valence-corrected chi connectivity index (χ1v) is 18.6. The van der Waals surface area contributed by atoms with Crippen molar-refractivity contribution in [1.29, 1.82) is 0 Å². The Kier molecular flexibility index (Phi) is 12.2. The molecule has 0 heterocycles. The largest absolute Gasteiger partial charge is 0.503 e. The molecule has 0 aromatic rings. The van der Waals surface area contributed by atoms with Crippen molar-refractivity contribution in [2.75, 3.05) is 39.6 Å². The normalized spacial score (nSPS) is 13.7. The average Bonchev–Trinajstić information content (AvgIpc) is 2.44. The Labute approximate surface area is 159 Å². The summed E-state index contributed by atoms with van der Waals surface area (Å²) in [4.78, 5) is 0. The van der Waals surface area contributed by atoms with Crippen LogP contribution in [0.5, 0.6) is 0 Å². The summed E-state index contributed by atoms with van der Waals surface area (Å²) in [7, 11) is -5.09. The third-order valence-corrected chi connectivity index (χ3v) is 14.6. The van der Waals surface area contributed by atoms with Gasteiger partial charge in [-0.25, -0.2) is 0 Å². The SMILES string of the molecule is CCO[Si](CCOCCCN([Si](C)(C)C)[Si](C)(C)C)(OCC)OCC. The van der Waals surface area contributed by atoms with Crippen LogP contribution in [0.4, 0.5) is 0 Å². The Morgan fingerprint density at radius 1 is 0.680 bits per heavy atom. The van der Waals surface area contributed by atoms with E-state index in [1.54, 1.807) is 0 Å². The Bertz CT molecular complexity index is 315. The van der Waals surface area contributed by atoms with Crippen molar-refractivity contribution >= 4 is 25.3 Å². The van der Waals surface area contributed by atoms with Gasteiger partial charge in [0.15, 0.2) is 0 Å². The van der Waals surface area contributed by atoms with Crippen LogP contribution in [-0.4, -0.2) is 69.1 Å². The van der Waals surface area contributed by atoms with E-state index < -0.39 is 25.3 Å². The minimum Gasteiger partial charge on any atom is -0.381 e. The van der Waals surface area contributed by atoms with Crippen LogP contribution >= 0.6 is 0 Å². The fourth-order valence-corrected chi connectivity index (χ4v) is 15.4. The molecule has 0 radical (unpaired) electrons. The second-order valence-corrected chi connectivity index (χ2v) is 21.1. The van der Waals surface area contributed by atoms with Crippen LogP contribution in [0.25, 0.3) is 0 Å². The van der Waals surface area contributed by atoms with Crippen molar-refractivity contribution in [3.05, 3.63) is 0 Å². The van der Waals surface area contributed by atoms with Gasteiger partial charge in [0.05, 0.1) is 6.61 Å². The van der Waals surface area contributed by atoms with Gasteiger partial charge < -0.3 is 22.2 Å². The third-order valence-electron chi connectivity index (χ3n) is 3.94. The highest BCUT2D eigenvalue weighted by molar-refractivity contribution is 6.89. The molecular weight excluding hydrogens is 366 g/mol. The minimum absolute atomic E-state index is 0.619. The predicted octanol–water partition coefficient (Wildman–Crippen LogP) is 4.41. The molecule has 0 saturated carbocycles. The highest BCUT2D eigenvalue weighted by Crippen LogP contribution is 2.20. The molecule has 0 aromatic heterocycles. The predicted molar refractivity (Wildman–Crippen MR) is 114 cm³/mol. The first-order chi connectivity index (χ1) is 11.5. The molecule has 0 rings (SSSR count).